The highest BCUT2D eigenvalue weighted by molar-refractivity contribution is 5.60. The van der Waals surface area contributed by atoms with Crippen LogP contribution in [0.3, 0.4) is 0 Å². The molecule has 0 aliphatic rings. The highest BCUT2D eigenvalue weighted by Gasteiger charge is 2.31. The van der Waals surface area contributed by atoms with Crippen molar-refractivity contribution in [3.63, 3.8) is 0 Å². The summed E-state index contributed by atoms with van der Waals surface area (Å²) in [6, 6.07) is 4.41. The summed E-state index contributed by atoms with van der Waals surface area (Å²) in [5, 5.41) is 7.11. The zero-order valence-corrected chi connectivity index (χ0v) is 12.5. The van der Waals surface area contributed by atoms with Crippen molar-refractivity contribution in [3.05, 3.63) is 36.7 Å². The molecule has 138 valence electrons. The molecule has 2 aromatic heterocycles. The average molecular weight is 378 g/mol. The Morgan fingerprint density at radius 2 is 1.65 bits per heavy atom. The van der Waals surface area contributed by atoms with Crippen LogP contribution in [0, 0.1) is 0 Å². The van der Waals surface area contributed by atoms with Crippen LogP contribution in [0.5, 0.6) is 11.8 Å². The van der Waals surface area contributed by atoms with Crippen LogP contribution >= 0.6 is 0 Å². The van der Waals surface area contributed by atoms with E-state index < -0.39 is 30.9 Å². The van der Waals surface area contributed by atoms with E-state index >= 15 is 0 Å². The first kappa shape index (κ1) is 17.8. The molecule has 26 heavy (non-hydrogen) atoms. The molecule has 0 radical (unpaired) electrons. The topological polar surface area (TPSA) is 61.5 Å². The van der Waals surface area contributed by atoms with E-state index in [1.54, 1.807) is 0 Å². The molecule has 2 heterocycles. The van der Waals surface area contributed by atoms with Gasteiger partial charge in [0.05, 0.1) is 11.9 Å². The van der Waals surface area contributed by atoms with Crippen molar-refractivity contribution < 1.29 is 35.8 Å². The Labute approximate surface area is 141 Å². The van der Waals surface area contributed by atoms with Gasteiger partial charge in [-0.25, -0.2) is 4.40 Å². The van der Waals surface area contributed by atoms with Crippen LogP contribution < -0.4 is 9.47 Å². The van der Waals surface area contributed by atoms with Crippen LogP contribution in [0.15, 0.2) is 36.7 Å². The van der Waals surface area contributed by atoms with E-state index in [1.165, 1.54) is 24.5 Å². The summed E-state index contributed by atoms with van der Waals surface area (Å²) in [7, 11) is 0. The second-order valence-corrected chi connectivity index (χ2v) is 4.96. The van der Waals surface area contributed by atoms with Gasteiger partial charge in [-0.05, 0) is 24.3 Å². The van der Waals surface area contributed by atoms with Crippen LogP contribution in [-0.2, 0) is 0 Å². The standard InChI is InChI=1S/C14H8F6N4O2/c15-13(16,17)7-25-12-23-22-11-5-21-10(6-24(11)12)8-1-3-9(4-2-8)26-14(18,19)20/h1-6H,7H2. The lowest BCUT2D eigenvalue weighted by Crippen LogP contribution is -2.20. The molecular weight excluding hydrogens is 370 g/mol. The lowest BCUT2D eigenvalue weighted by Gasteiger charge is -2.09. The fraction of sp³-hybridized carbons (Fsp3) is 0.214. The zero-order chi connectivity index (χ0) is 18.9. The van der Waals surface area contributed by atoms with Crippen molar-refractivity contribution in [1.82, 2.24) is 19.6 Å². The molecule has 6 nitrogen and oxygen atoms in total. The maximum absolute atomic E-state index is 12.3. The molecule has 0 bridgehead atoms. The summed E-state index contributed by atoms with van der Waals surface area (Å²) in [5.41, 5.74) is 0.799. The van der Waals surface area contributed by atoms with E-state index in [9.17, 15) is 26.3 Å². The molecule has 0 N–H and O–H groups in total. The summed E-state index contributed by atoms with van der Waals surface area (Å²) in [6.45, 7) is -1.55. The van der Waals surface area contributed by atoms with Crippen LogP contribution in [0.4, 0.5) is 26.3 Å². The van der Waals surface area contributed by atoms with Gasteiger partial charge in [-0.15, -0.1) is 18.3 Å². The van der Waals surface area contributed by atoms with E-state index in [0.29, 0.717) is 5.56 Å². The predicted octanol–water partition coefficient (Wildman–Crippen LogP) is 3.63. The molecule has 0 saturated heterocycles. The lowest BCUT2D eigenvalue weighted by atomic mass is 10.1. The van der Waals surface area contributed by atoms with Gasteiger partial charge in [0.1, 0.15) is 5.75 Å². The number of halogens is 6. The maximum atomic E-state index is 12.3. The maximum Gasteiger partial charge on any atom is 0.573 e. The van der Waals surface area contributed by atoms with Crippen molar-refractivity contribution in [2.24, 2.45) is 0 Å². The van der Waals surface area contributed by atoms with Gasteiger partial charge in [0.25, 0.3) is 0 Å². The quantitative estimate of drug-likeness (QED) is 0.649. The number of ether oxygens (including phenoxy) is 2. The third-order valence-electron chi connectivity index (χ3n) is 3.01. The third-order valence-corrected chi connectivity index (χ3v) is 3.01. The third kappa shape index (κ3) is 4.32. The minimum atomic E-state index is -4.81. The molecular formula is C14H8F6N4O2. The normalized spacial score (nSPS) is 12.4. The molecule has 0 atom stereocenters. The fourth-order valence-electron chi connectivity index (χ4n) is 2.00. The number of alkyl halides is 6. The number of rotatable bonds is 4. The second-order valence-electron chi connectivity index (χ2n) is 4.96. The van der Waals surface area contributed by atoms with Gasteiger partial charge in [0.2, 0.25) is 0 Å². The number of fused-ring (bicyclic) bond motifs is 1. The molecule has 3 aromatic rings. The molecule has 0 amide bonds. The van der Waals surface area contributed by atoms with Gasteiger partial charge >= 0.3 is 18.5 Å². The summed E-state index contributed by atoms with van der Waals surface area (Å²) in [6.07, 6.45) is -6.81. The van der Waals surface area contributed by atoms with Crippen LogP contribution in [0.25, 0.3) is 16.9 Å². The van der Waals surface area contributed by atoms with Crippen molar-refractivity contribution in [3.8, 4) is 23.0 Å². The Hall–Kier alpha value is -3.05. The second kappa shape index (κ2) is 6.35. The monoisotopic (exact) mass is 378 g/mol. The number of hydrogen-bond donors (Lipinski definition) is 0. The summed E-state index contributed by atoms with van der Waals surface area (Å²) >= 11 is 0. The van der Waals surface area contributed by atoms with Crippen molar-refractivity contribution in [1.29, 1.82) is 0 Å². The first-order chi connectivity index (χ1) is 12.1. The van der Waals surface area contributed by atoms with Crippen molar-refractivity contribution in [2.45, 2.75) is 12.5 Å². The Morgan fingerprint density at radius 3 is 2.27 bits per heavy atom. The molecule has 0 unspecified atom stereocenters. The largest absolute Gasteiger partial charge is 0.573 e. The SMILES string of the molecule is FC(F)(F)COc1nnc2cnc(-c3ccc(OC(F)(F)F)cc3)cn12. The van der Waals surface area contributed by atoms with E-state index in [4.69, 9.17) is 0 Å². The molecule has 3 rings (SSSR count). The summed E-state index contributed by atoms with van der Waals surface area (Å²) < 4.78 is 82.7. The number of nitrogens with zero attached hydrogens (tertiary/aromatic N) is 4. The molecule has 1 aromatic carbocycles. The van der Waals surface area contributed by atoms with Crippen LogP contribution in [0.2, 0.25) is 0 Å². The van der Waals surface area contributed by atoms with E-state index in [-0.39, 0.29) is 11.3 Å². The van der Waals surface area contributed by atoms with Gasteiger partial charge in [-0.3, -0.25) is 4.98 Å². The van der Waals surface area contributed by atoms with E-state index in [1.807, 2.05) is 0 Å². The average Bonchev–Trinajstić information content (AvgIpc) is 2.94. The van der Waals surface area contributed by atoms with Crippen LogP contribution in [-0.4, -0.2) is 38.7 Å². The molecule has 0 aliphatic heterocycles. The van der Waals surface area contributed by atoms with Gasteiger partial charge in [-0.2, -0.15) is 13.2 Å². The van der Waals surface area contributed by atoms with Crippen molar-refractivity contribution in [2.75, 3.05) is 6.61 Å². The Morgan fingerprint density at radius 1 is 0.962 bits per heavy atom. The van der Waals surface area contributed by atoms with Gasteiger partial charge in [0, 0.05) is 11.8 Å². The minimum Gasteiger partial charge on any atom is -0.454 e. The van der Waals surface area contributed by atoms with Crippen LogP contribution in [0.1, 0.15) is 0 Å². The highest BCUT2D eigenvalue weighted by Crippen LogP contribution is 2.26. The Balaban J connectivity index is 1.86. The molecule has 0 spiro atoms. The summed E-state index contributed by atoms with van der Waals surface area (Å²) in [4.78, 5) is 4.04. The lowest BCUT2D eigenvalue weighted by molar-refractivity contribution is -0.274. The highest BCUT2D eigenvalue weighted by atomic mass is 19.4. The van der Waals surface area contributed by atoms with Gasteiger partial charge in [-0.1, -0.05) is 5.10 Å². The minimum absolute atomic E-state index is 0.142. The van der Waals surface area contributed by atoms with Gasteiger partial charge in [0.15, 0.2) is 12.3 Å². The van der Waals surface area contributed by atoms with E-state index in [0.717, 1.165) is 16.5 Å². The smallest absolute Gasteiger partial charge is 0.454 e. The number of benzene rings is 1. The van der Waals surface area contributed by atoms with Crippen molar-refractivity contribution >= 4 is 5.65 Å². The number of aromatic nitrogens is 4. The first-order valence-corrected chi connectivity index (χ1v) is 6.87. The Kier molecular flexibility index (Phi) is 4.34. The van der Waals surface area contributed by atoms with E-state index in [2.05, 4.69) is 24.7 Å². The van der Waals surface area contributed by atoms with Gasteiger partial charge < -0.3 is 9.47 Å². The molecule has 0 saturated carbocycles. The molecule has 0 fully saturated rings. The summed E-state index contributed by atoms with van der Waals surface area (Å²) in [5.74, 6) is -0.416. The fourth-order valence-corrected chi connectivity index (χ4v) is 2.00. The Bertz CT molecular complexity index is 904. The number of hydrogen-bond acceptors (Lipinski definition) is 5. The molecule has 12 heteroatoms. The predicted molar refractivity (Wildman–Crippen MR) is 74.5 cm³/mol. The first-order valence-electron chi connectivity index (χ1n) is 6.87. The molecule has 0 aliphatic carbocycles. The zero-order valence-electron chi connectivity index (χ0n) is 12.5.